The van der Waals surface area contributed by atoms with Crippen molar-refractivity contribution in [3.63, 3.8) is 0 Å². The molecular formula is C25H25B3F3N5O3. The molecule has 1 fully saturated rings. The third kappa shape index (κ3) is 5.31. The number of nitrogens with one attached hydrogen (secondary N) is 1. The zero-order chi connectivity index (χ0) is 28.7. The minimum absolute atomic E-state index is 0.00446. The first-order chi connectivity index (χ1) is 18.3. The van der Waals surface area contributed by atoms with Gasteiger partial charge in [-0.05, 0) is 25.8 Å². The fraction of sp³-hybridized carbons (Fsp3) is 0.440. The van der Waals surface area contributed by atoms with Crippen molar-refractivity contribution >= 4 is 46.3 Å². The van der Waals surface area contributed by atoms with Gasteiger partial charge in [-0.15, -0.1) is 0 Å². The number of fused-ring (bicyclic) bond motifs is 1. The Morgan fingerprint density at radius 1 is 1.18 bits per heavy atom. The van der Waals surface area contributed by atoms with Gasteiger partial charge in [0.15, 0.2) is 0 Å². The number of benzene rings is 1. The molecule has 1 aliphatic rings. The molecule has 1 aromatic carbocycles. The molecule has 39 heavy (non-hydrogen) atoms. The van der Waals surface area contributed by atoms with Crippen LogP contribution in [0.5, 0.6) is 0 Å². The largest absolute Gasteiger partial charge is 0.373 e. The summed E-state index contributed by atoms with van der Waals surface area (Å²) >= 11 is 0. The van der Waals surface area contributed by atoms with Gasteiger partial charge in [-0.25, -0.2) is 23.1 Å². The number of pyridine rings is 1. The van der Waals surface area contributed by atoms with Crippen LogP contribution in [0.3, 0.4) is 0 Å². The number of amides is 1. The summed E-state index contributed by atoms with van der Waals surface area (Å²) in [6.45, 7) is 3.72. The Bertz CT molecular complexity index is 1460. The molecule has 2 aromatic heterocycles. The number of nitrogens with zero attached hydrogens (tertiary/aromatic N) is 4. The zero-order valence-corrected chi connectivity index (χ0v) is 21.7. The second kappa shape index (κ2) is 10.7. The second-order valence-electron chi connectivity index (χ2n) is 9.67. The van der Waals surface area contributed by atoms with Gasteiger partial charge >= 0.3 is 0 Å². The topological polar surface area (TPSA) is 89.4 Å². The van der Waals surface area contributed by atoms with Gasteiger partial charge in [-0.2, -0.15) is 0 Å². The van der Waals surface area contributed by atoms with Gasteiger partial charge in [0, 0.05) is 32.7 Å². The number of anilines is 1. The van der Waals surface area contributed by atoms with Gasteiger partial charge in [-0.3, -0.25) is 9.59 Å². The molecule has 0 saturated carbocycles. The van der Waals surface area contributed by atoms with Crippen LogP contribution < -0.4 is 10.9 Å². The van der Waals surface area contributed by atoms with Crippen LogP contribution in [0.4, 0.5) is 19.0 Å². The molecule has 198 valence electrons. The standard InChI is InChI=1S/C25H25B3F3N5O3/c1-13(15-5-4-6-16(19(15)29)20(30)31)34-21-17-11-18(24(39-3)7-9-35(10-8-24)14(2)37)23(38)36(25(26,27)28)22(17)33-12-32-21/h4-6,11-13,20H,7-10H2,1-3H3,(H,32,33,34)/t13-/m1/s1. The average Bonchev–Trinajstić information content (AvgIpc) is 2.87. The van der Waals surface area contributed by atoms with E-state index < -0.39 is 40.2 Å². The molecule has 6 radical (unpaired) electrons. The third-order valence-corrected chi connectivity index (χ3v) is 7.20. The van der Waals surface area contributed by atoms with Gasteiger partial charge in [0.1, 0.15) is 29.2 Å². The maximum absolute atomic E-state index is 14.9. The van der Waals surface area contributed by atoms with E-state index in [1.165, 1.54) is 32.2 Å². The molecule has 0 bridgehead atoms. The van der Waals surface area contributed by atoms with Crippen LogP contribution >= 0.6 is 0 Å². The molecule has 14 heteroatoms. The van der Waals surface area contributed by atoms with Crippen molar-refractivity contribution in [2.24, 2.45) is 0 Å². The summed E-state index contributed by atoms with van der Waals surface area (Å²) in [5.74, 6) is -0.984. The molecule has 4 rings (SSSR count). The van der Waals surface area contributed by atoms with Crippen LogP contribution in [-0.4, -0.2) is 69.1 Å². The lowest BCUT2D eigenvalue weighted by Crippen LogP contribution is -2.51. The first-order valence-corrected chi connectivity index (χ1v) is 12.2. The Morgan fingerprint density at radius 3 is 2.38 bits per heavy atom. The SMILES string of the molecule is [B]C([B])([B])n1c(=O)c(C2(OC)CCN(C(C)=O)CC2)cc2c(N[C@H](C)c3cccc(C(F)F)c3F)ncnc21. The summed E-state index contributed by atoms with van der Waals surface area (Å²) in [5.41, 5.74) is -2.31. The number of likely N-dealkylation sites (tertiary alicyclic amines) is 1. The van der Waals surface area contributed by atoms with E-state index in [1.54, 1.807) is 11.8 Å². The number of hydrogen-bond donors (Lipinski definition) is 1. The molecule has 3 heterocycles. The predicted molar refractivity (Wildman–Crippen MR) is 143 cm³/mol. The third-order valence-electron chi connectivity index (χ3n) is 7.20. The fourth-order valence-electron chi connectivity index (χ4n) is 5.04. The van der Waals surface area contributed by atoms with Crippen molar-refractivity contribution in [1.29, 1.82) is 0 Å². The summed E-state index contributed by atoms with van der Waals surface area (Å²) in [6, 6.07) is 4.46. The number of piperidine rings is 1. The Hall–Kier alpha value is -3.28. The molecule has 1 saturated heterocycles. The van der Waals surface area contributed by atoms with E-state index in [2.05, 4.69) is 15.3 Å². The van der Waals surface area contributed by atoms with E-state index in [-0.39, 0.29) is 33.9 Å². The lowest BCUT2D eigenvalue weighted by Gasteiger charge is -2.41. The van der Waals surface area contributed by atoms with Crippen molar-refractivity contribution in [2.75, 3.05) is 25.5 Å². The first kappa shape index (κ1) is 28.7. The number of carbonyl (C=O) groups is 1. The van der Waals surface area contributed by atoms with Crippen molar-refractivity contribution < 1.29 is 22.7 Å². The number of halogens is 3. The number of hydrogen-bond acceptors (Lipinski definition) is 6. The van der Waals surface area contributed by atoms with E-state index >= 15 is 0 Å². The molecular weight excluding hydrogens is 508 g/mol. The summed E-state index contributed by atoms with van der Waals surface area (Å²) in [7, 11) is 19.5. The number of rotatable bonds is 7. The van der Waals surface area contributed by atoms with Crippen LogP contribution in [0.15, 0.2) is 35.4 Å². The molecule has 3 aromatic rings. The van der Waals surface area contributed by atoms with Crippen molar-refractivity contribution in [2.45, 2.75) is 50.0 Å². The summed E-state index contributed by atoms with van der Waals surface area (Å²) < 4.78 is 48.2. The Morgan fingerprint density at radius 2 is 1.82 bits per heavy atom. The van der Waals surface area contributed by atoms with Gasteiger partial charge in [0.05, 0.1) is 46.1 Å². The van der Waals surface area contributed by atoms with Crippen LogP contribution in [0.1, 0.15) is 55.8 Å². The highest BCUT2D eigenvalue weighted by atomic mass is 19.3. The van der Waals surface area contributed by atoms with E-state index in [4.69, 9.17) is 28.3 Å². The zero-order valence-electron chi connectivity index (χ0n) is 21.7. The first-order valence-electron chi connectivity index (χ1n) is 12.2. The number of alkyl halides is 2. The number of ether oxygens (including phenoxy) is 1. The quantitative estimate of drug-likeness (QED) is 0.471. The summed E-state index contributed by atoms with van der Waals surface area (Å²) in [5, 5.41) is 1.11. The lowest BCUT2D eigenvalue weighted by atomic mass is 9.49. The van der Waals surface area contributed by atoms with Gasteiger partial charge in [0.2, 0.25) is 5.91 Å². The van der Waals surface area contributed by atoms with Gasteiger partial charge in [-0.1, -0.05) is 23.4 Å². The normalized spacial score (nSPS) is 16.4. The van der Waals surface area contributed by atoms with E-state index in [1.807, 2.05) is 0 Å². The highest BCUT2D eigenvalue weighted by Crippen LogP contribution is 2.37. The highest BCUT2D eigenvalue weighted by molar-refractivity contribution is 6.56. The number of aromatic nitrogens is 3. The van der Waals surface area contributed by atoms with Gasteiger partial charge in [0.25, 0.3) is 12.0 Å². The number of methoxy groups -OCH3 is 1. The molecule has 0 unspecified atom stereocenters. The summed E-state index contributed by atoms with van der Waals surface area (Å²) in [6.07, 6.45) is -1.24. The average molecular weight is 533 g/mol. The maximum atomic E-state index is 14.9. The van der Waals surface area contributed by atoms with Crippen LogP contribution in [0.25, 0.3) is 11.0 Å². The maximum Gasteiger partial charge on any atom is 0.266 e. The van der Waals surface area contributed by atoms with E-state index in [0.717, 1.165) is 17.0 Å². The van der Waals surface area contributed by atoms with Gasteiger partial charge < -0.3 is 19.5 Å². The monoisotopic (exact) mass is 533 g/mol. The molecule has 1 aliphatic heterocycles. The second-order valence-corrected chi connectivity index (χ2v) is 9.67. The molecule has 0 spiro atoms. The molecule has 1 atom stereocenters. The Balaban J connectivity index is 1.88. The highest BCUT2D eigenvalue weighted by Gasteiger charge is 2.40. The molecule has 0 aliphatic carbocycles. The lowest BCUT2D eigenvalue weighted by molar-refractivity contribution is -0.135. The van der Waals surface area contributed by atoms with E-state index in [0.29, 0.717) is 25.9 Å². The fourth-order valence-corrected chi connectivity index (χ4v) is 5.04. The van der Waals surface area contributed by atoms with E-state index in [9.17, 15) is 22.8 Å². The molecule has 8 nitrogen and oxygen atoms in total. The minimum atomic E-state index is -2.99. The summed E-state index contributed by atoms with van der Waals surface area (Å²) in [4.78, 5) is 35.7. The Kier molecular flexibility index (Phi) is 7.89. The molecule has 1 amide bonds. The van der Waals surface area contributed by atoms with Crippen molar-refractivity contribution in [1.82, 2.24) is 19.4 Å². The minimum Gasteiger partial charge on any atom is -0.373 e. The van der Waals surface area contributed by atoms with Crippen molar-refractivity contribution in [3.8, 4) is 0 Å². The van der Waals surface area contributed by atoms with Crippen LogP contribution in [-0.2, 0) is 20.4 Å². The van der Waals surface area contributed by atoms with Crippen LogP contribution in [0, 0.1) is 5.82 Å². The predicted octanol–water partition coefficient (Wildman–Crippen LogP) is 2.60. The van der Waals surface area contributed by atoms with Crippen molar-refractivity contribution in [3.05, 3.63) is 63.5 Å². The Labute approximate surface area is 227 Å². The number of carbonyl (C=O) groups excluding carboxylic acids is 1. The molecule has 1 N–H and O–H groups in total. The smallest absolute Gasteiger partial charge is 0.266 e. The van der Waals surface area contributed by atoms with Crippen LogP contribution in [0.2, 0.25) is 0 Å².